The fraction of sp³-hybridized carbons (Fsp3) is 0.0952. The van der Waals surface area contributed by atoms with Crippen LogP contribution in [0.5, 0.6) is 0 Å². The van der Waals surface area contributed by atoms with E-state index in [0.29, 0.717) is 5.56 Å². The highest BCUT2D eigenvalue weighted by Gasteiger charge is 2.19. The van der Waals surface area contributed by atoms with Crippen molar-refractivity contribution in [2.24, 2.45) is 5.73 Å². The Balaban J connectivity index is 1.84. The van der Waals surface area contributed by atoms with E-state index in [0.717, 1.165) is 27.6 Å². The Morgan fingerprint density at radius 3 is 2.47 bits per heavy atom. The molecule has 9 heteroatoms. The first-order valence-electron chi connectivity index (χ1n) is 9.24. The van der Waals surface area contributed by atoms with Crippen molar-refractivity contribution in [1.29, 1.82) is 0 Å². The van der Waals surface area contributed by atoms with Crippen LogP contribution in [0.4, 0.5) is 5.82 Å². The second-order valence-corrected chi connectivity index (χ2v) is 8.36. The van der Waals surface area contributed by atoms with Crippen LogP contribution in [0.1, 0.15) is 0 Å². The number of hydrogen-bond acceptors (Lipinski definition) is 7. The third-order valence-electron chi connectivity index (χ3n) is 4.67. The molecule has 0 saturated carbocycles. The van der Waals surface area contributed by atoms with Crippen LogP contribution < -0.4 is 16.2 Å². The van der Waals surface area contributed by atoms with Crippen molar-refractivity contribution < 1.29 is 8.42 Å². The molecule has 0 radical (unpaired) electrons. The van der Waals surface area contributed by atoms with Crippen molar-refractivity contribution in [2.45, 2.75) is 4.90 Å². The summed E-state index contributed by atoms with van der Waals surface area (Å²) >= 11 is 0. The Hall–Kier alpha value is -3.40. The van der Waals surface area contributed by atoms with Gasteiger partial charge in [-0.2, -0.15) is 0 Å². The van der Waals surface area contributed by atoms with E-state index >= 15 is 0 Å². The average molecular weight is 420 g/mol. The minimum atomic E-state index is -3.81. The second kappa shape index (κ2) is 8.15. The molecule has 5 N–H and O–H groups in total. The van der Waals surface area contributed by atoms with Crippen LogP contribution in [0, 0.1) is 0 Å². The highest BCUT2D eigenvalue weighted by Crippen LogP contribution is 2.32. The summed E-state index contributed by atoms with van der Waals surface area (Å²) in [5.41, 5.74) is 15.5. The summed E-state index contributed by atoms with van der Waals surface area (Å²) in [6, 6.07) is 13.1. The molecule has 4 aromatic rings. The third kappa shape index (κ3) is 3.86. The number of fused-ring (bicyclic) bond motifs is 1. The number of pyridine rings is 3. The largest absolute Gasteiger partial charge is 0.383 e. The molecule has 8 nitrogen and oxygen atoms in total. The van der Waals surface area contributed by atoms with Gasteiger partial charge < -0.3 is 11.5 Å². The number of nitrogens with zero attached hydrogens (tertiary/aromatic N) is 3. The van der Waals surface area contributed by atoms with E-state index in [-0.39, 0.29) is 23.8 Å². The van der Waals surface area contributed by atoms with Crippen LogP contribution in [0.25, 0.3) is 33.2 Å². The third-order valence-corrected chi connectivity index (χ3v) is 6.16. The van der Waals surface area contributed by atoms with Gasteiger partial charge in [0, 0.05) is 48.8 Å². The maximum Gasteiger partial charge on any atom is 0.244 e. The molecule has 0 aliphatic carbocycles. The molecule has 0 aliphatic rings. The van der Waals surface area contributed by atoms with Gasteiger partial charge in [-0.1, -0.05) is 6.07 Å². The summed E-state index contributed by atoms with van der Waals surface area (Å²) in [4.78, 5) is 12.5. The van der Waals surface area contributed by atoms with Crippen LogP contribution in [0.2, 0.25) is 0 Å². The lowest BCUT2D eigenvalue weighted by Gasteiger charge is -2.11. The summed E-state index contributed by atoms with van der Waals surface area (Å²) in [7, 11) is -3.81. The lowest BCUT2D eigenvalue weighted by molar-refractivity contribution is 0.582. The standard InChI is InChI=1S/C21H20N6O2S/c22-6-10-27-30(28,29)20-12-16(13-26-21(20)23)15-1-2-19-18(11-15)17(5-9-25-19)14-3-7-24-8-4-14/h1-5,7-9,11-13,27H,6,10,22H2,(H2,23,26). The summed E-state index contributed by atoms with van der Waals surface area (Å²) < 4.78 is 27.5. The molecule has 30 heavy (non-hydrogen) atoms. The monoisotopic (exact) mass is 420 g/mol. The van der Waals surface area contributed by atoms with Gasteiger partial charge in [0.05, 0.1) is 5.52 Å². The lowest BCUT2D eigenvalue weighted by atomic mass is 9.98. The minimum absolute atomic E-state index is 0.0665. The Morgan fingerprint density at radius 2 is 1.70 bits per heavy atom. The van der Waals surface area contributed by atoms with Gasteiger partial charge in [0.1, 0.15) is 10.7 Å². The molecule has 3 heterocycles. The summed E-state index contributed by atoms with van der Waals surface area (Å²) in [6.07, 6.45) is 6.79. The summed E-state index contributed by atoms with van der Waals surface area (Å²) in [5, 5.41) is 0.934. The Labute approximate surface area is 174 Å². The van der Waals surface area contributed by atoms with E-state index in [9.17, 15) is 8.42 Å². The Morgan fingerprint density at radius 1 is 0.900 bits per heavy atom. The molecule has 0 fully saturated rings. The number of hydrogen-bond donors (Lipinski definition) is 3. The highest BCUT2D eigenvalue weighted by atomic mass is 32.2. The van der Waals surface area contributed by atoms with E-state index in [1.165, 1.54) is 6.07 Å². The maximum atomic E-state index is 12.5. The van der Waals surface area contributed by atoms with Crippen LogP contribution in [0.3, 0.4) is 0 Å². The fourth-order valence-electron chi connectivity index (χ4n) is 3.21. The van der Waals surface area contributed by atoms with Crippen LogP contribution >= 0.6 is 0 Å². The van der Waals surface area contributed by atoms with E-state index < -0.39 is 10.0 Å². The van der Waals surface area contributed by atoms with Crippen LogP contribution in [-0.2, 0) is 10.0 Å². The van der Waals surface area contributed by atoms with Crippen molar-refractivity contribution in [1.82, 2.24) is 19.7 Å². The van der Waals surface area contributed by atoms with Crippen molar-refractivity contribution in [3.05, 3.63) is 67.3 Å². The van der Waals surface area contributed by atoms with E-state index in [2.05, 4.69) is 19.7 Å². The molecule has 3 aromatic heterocycles. The number of benzene rings is 1. The number of aromatic nitrogens is 3. The predicted octanol–water partition coefficient (Wildman–Crippen LogP) is 2.18. The van der Waals surface area contributed by atoms with Crippen molar-refractivity contribution >= 4 is 26.7 Å². The quantitative estimate of drug-likeness (QED) is 0.435. The van der Waals surface area contributed by atoms with Crippen molar-refractivity contribution in [3.63, 3.8) is 0 Å². The first-order chi connectivity index (χ1) is 14.5. The van der Waals surface area contributed by atoms with Crippen LogP contribution in [0.15, 0.2) is 72.1 Å². The molecule has 0 atom stereocenters. The topological polar surface area (TPSA) is 137 Å². The molecule has 0 aliphatic heterocycles. The first-order valence-corrected chi connectivity index (χ1v) is 10.7. The highest BCUT2D eigenvalue weighted by molar-refractivity contribution is 7.89. The zero-order chi connectivity index (χ0) is 21.1. The van der Waals surface area contributed by atoms with Crippen LogP contribution in [-0.4, -0.2) is 36.5 Å². The zero-order valence-electron chi connectivity index (χ0n) is 16.0. The molecule has 0 spiro atoms. The SMILES string of the molecule is NCCNS(=O)(=O)c1cc(-c2ccc3nccc(-c4ccncc4)c3c2)cnc1N. The molecule has 0 unspecified atom stereocenters. The van der Waals surface area contributed by atoms with Gasteiger partial charge >= 0.3 is 0 Å². The average Bonchev–Trinajstić information content (AvgIpc) is 2.78. The lowest BCUT2D eigenvalue weighted by Crippen LogP contribution is -2.29. The van der Waals surface area contributed by atoms with E-state index in [1.54, 1.807) is 24.8 Å². The van der Waals surface area contributed by atoms with Crippen molar-refractivity contribution in [3.8, 4) is 22.3 Å². The number of rotatable bonds is 6. The zero-order valence-corrected chi connectivity index (χ0v) is 16.8. The van der Waals surface area contributed by atoms with Gasteiger partial charge in [-0.25, -0.2) is 18.1 Å². The number of nitrogens with two attached hydrogens (primary N) is 2. The van der Waals surface area contributed by atoms with Gasteiger partial charge in [0.25, 0.3) is 0 Å². The Bertz CT molecular complexity index is 1310. The molecule has 0 amide bonds. The van der Waals surface area contributed by atoms with Gasteiger partial charge in [0.15, 0.2) is 0 Å². The predicted molar refractivity (Wildman–Crippen MR) is 117 cm³/mol. The molecule has 152 valence electrons. The molecular formula is C21H20N6O2S. The number of anilines is 1. The fourth-order valence-corrected chi connectivity index (χ4v) is 4.36. The summed E-state index contributed by atoms with van der Waals surface area (Å²) in [5.74, 6) is -0.0665. The van der Waals surface area contributed by atoms with E-state index in [1.807, 2.05) is 36.4 Å². The normalized spacial score (nSPS) is 11.6. The van der Waals surface area contributed by atoms with Gasteiger partial charge in [-0.15, -0.1) is 0 Å². The van der Waals surface area contributed by atoms with Gasteiger partial charge in [0.2, 0.25) is 10.0 Å². The maximum absolute atomic E-state index is 12.5. The first kappa shape index (κ1) is 19.9. The number of sulfonamides is 1. The molecule has 0 bridgehead atoms. The Kier molecular flexibility index (Phi) is 5.40. The summed E-state index contributed by atoms with van der Waals surface area (Å²) in [6.45, 7) is 0.296. The number of nitrogen functional groups attached to an aromatic ring is 1. The molecule has 0 saturated heterocycles. The minimum Gasteiger partial charge on any atom is -0.383 e. The molecular weight excluding hydrogens is 400 g/mol. The second-order valence-electron chi connectivity index (χ2n) is 6.62. The molecule has 4 rings (SSSR count). The smallest absolute Gasteiger partial charge is 0.244 e. The van der Waals surface area contributed by atoms with Gasteiger partial charge in [-0.3, -0.25) is 9.97 Å². The molecule has 1 aromatic carbocycles. The van der Waals surface area contributed by atoms with Crippen molar-refractivity contribution in [2.75, 3.05) is 18.8 Å². The van der Waals surface area contributed by atoms with Gasteiger partial charge in [-0.05, 0) is 53.1 Å². The van der Waals surface area contributed by atoms with E-state index in [4.69, 9.17) is 11.5 Å². The number of nitrogens with one attached hydrogen (secondary N) is 1.